The van der Waals surface area contributed by atoms with Crippen LogP contribution in [-0.2, 0) is 21.2 Å². The number of nitrogens with one attached hydrogen (secondary N) is 1. The van der Waals surface area contributed by atoms with E-state index in [1.54, 1.807) is 24.3 Å². The van der Waals surface area contributed by atoms with Gasteiger partial charge in [0.15, 0.2) is 0 Å². The molecule has 150 valence electrons. The van der Waals surface area contributed by atoms with Crippen molar-refractivity contribution in [1.82, 2.24) is 0 Å². The second kappa shape index (κ2) is 8.84. The number of primary sulfonamides is 1. The molecule has 29 heavy (non-hydrogen) atoms. The maximum Gasteiger partial charge on any atom is 0.241 e. The number of nitrogens with two attached hydrogens (primary N) is 1. The number of carbonyl (C=O) groups is 1. The third-order valence-electron chi connectivity index (χ3n) is 3.66. The van der Waals surface area contributed by atoms with Gasteiger partial charge in [0, 0.05) is 10.7 Å². The van der Waals surface area contributed by atoms with Crippen LogP contribution in [0.4, 0.5) is 5.69 Å². The van der Waals surface area contributed by atoms with Gasteiger partial charge in [-0.05, 0) is 41.9 Å². The van der Waals surface area contributed by atoms with E-state index in [2.05, 4.69) is 5.32 Å². The molecule has 0 radical (unpaired) electrons. The smallest absolute Gasteiger partial charge is 0.241 e. The lowest BCUT2D eigenvalue weighted by atomic mass is 10.1. The van der Waals surface area contributed by atoms with Crippen molar-refractivity contribution in [3.05, 3.63) is 82.2 Å². The summed E-state index contributed by atoms with van der Waals surface area (Å²) in [7, 11) is -4.36. The molecule has 0 bridgehead atoms. The van der Waals surface area contributed by atoms with Crippen LogP contribution in [0.15, 0.2) is 71.5 Å². The van der Waals surface area contributed by atoms with Crippen molar-refractivity contribution in [2.75, 3.05) is 5.32 Å². The molecule has 3 aromatic carbocycles. The van der Waals surface area contributed by atoms with Crippen LogP contribution in [0.25, 0.3) is 0 Å². The highest BCUT2D eigenvalue weighted by molar-refractivity contribution is 7.89. The fourth-order valence-corrected chi connectivity index (χ4v) is 3.40. The first-order valence-electron chi connectivity index (χ1n) is 10.0. The van der Waals surface area contributed by atoms with Crippen molar-refractivity contribution in [2.45, 2.75) is 11.3 Å². The fraction of sp³-hybridized carbons (Fsp3) is 0.0500. The zero-order valence-corrected chi connectivity index (χ0v) is 17.0. The average Bonchev–Trinajstić information content (AvgIpc) is 2.75. The summed E-state index contributed by atoms with van der Waals surface area (Å²) in [5, 5.41) is 7.82. The Labute approximate surface area is 183 Å². The highest BCUT2D eigenvalue weighted by atomic mass is 35.5. The molecule has 0 heterocycles. The zero-order valence-electron chi connectivity index (χ0n) is 18.6. The van der Waals surface area contributed by atoms with Crippen molar-refractivity contribution < 1.29 is 23.4 Å². The molecule has 0 atom stereocenters. The molecule has 0 aliphatic heterocycles. The second-order valence-corrected chi connectivity index (χ2v) is 8.08. The normalized spacial score (nSPS) is 13.1. The highest BCUT2D eigenvalue weighted by Crippen LogP contribution is 2.34. The van der Waals surface area contributed by atoms with Crippen LogP contribution in [0.5, 0.6) is 11.5 Å². The third kappa shape index (κ3) is 5.48. The van der Waals surface area contributed by atoms with Crippen LogP contribution in [0.2, 0.25) is 10.0 Å². The molecule has 0 spiro atoms. The minimum Gasteiger partial charge on any atom is -0.454 e. The Morgan fingerprint density at radius 1 is 1.07 bits per heavy atom. The quantitative estimate of drug-likeness (QED) is 0.567. The Morgan fingerprint density at radius 3 is 2.52 bits per heavy atom. The molecule has 1 amide bonds. The summed E-state index contributed by atoms with van der Waals surface area (Å²) >= 11 is 12.1. The van der Waals surface area contributed by atoms with Gasteiger partial charge in [0.25, 0.3) is 0 Å². The first-order chi connectivity index (χ1) is 15.4. The summed E-state index contributed by atoms with van der Waals surface area (Å²) in [6.07, 6.45) is -0.0571. The molecule has 0 aliphatic rings. The lowest BCUT2D eigenvalue weighted by Crippen LogP contribution is -2.17. The van der Waals surface area contributed by atoms with E-state index in [1.165, 1.54) is 12.1 Å². The SMILES string of the molecule is [2H]c1c([2H])c([2H])c(Oc2ccc(NC(=O)Cc3ccccc3Cl)cc2S(N)(=O)=O)c(Cl)c1[2H]. The van der Waals surface area contributed by atoms with E-state index < -0.39 is 55.8 Å². The molecule has 0 unspecified atom stereocenters. The van der Waals surface area contributed by atoms with Gasteiger partial charge in [-0.2, -0.15) is 0 Å². The van der Waals surface area contributed by atoms with E-state index in [4.69, 9.17) is 38.6 Å². The summed E-state index contributed by atoms with van der Waals surface area (Å²) < 4.78 is 60.9. The molecule has 3 aromatic rings. The Kier molecular flexibility index (Phi) is 4.95. The van der Waals surface area contributed by atoms with Gasteiger partial charge >= 0.3 is 0 Å². The molecular formula is C20H16Cl2N2O4S. The van der Waals surface area contributed by atoms with E-state index in [1.807, 2.05) is 0 Å². The summed E-state index contributed by atoms with van der Waals surface area (Å²) in [6, 6.07) is 8.03. The number of para-hydroxylation sites is 1. The Hall–Kier alpha value is -2.58. The number of halogens is 2. The molecular weight excluding hydrogens is 435 g/mol. The second-order valence-electron chi connectivity index (χ2n) is 5.77. The number of rotatable bonds is 6. The monoisotopic (exact) mass is 454 g/mol. The maximum atomic E-state index is 12.4. The van der Waals surface area contributed by atoms with Crippen LogP contribution in [0.3, 0.4) is 0 Å². The molecule has 0 fully saturated rings. The number of hydrogen-bond donors (Lipinski definition) is 2. The number of anilines is 1. The molecule has 0 saturated carbocycles. The van der Waals surface area contributed by atoms with Crippen LogP contribution in [0, 0.1) is 0 Å². The van der Waals surface area contributed by atoms with Crippen LogP contribution in [0.1, 0.15) is 11.0 Å². The summed E-state index contributed by atoms with van der Waals surface area (Å²) in [5.41, 5.74) is 0.681. The van der Waals surface area contributed by atoms with E-state index >= 15 is 0 Å². The Balaban J connectivity index is 1.95. The first-order valence-corrected chi connectivity index (χ1v) is 10.3. The van der Waals surface area contributed by atoms with E-state index in [0.717, 1.165) is 6.07 Å². The summed E-state index contributed by atoms with van der Waals surface area (Å²) in [5.74, 6) is -1.27. The topological polar surface area (TPSA) is 98.5 Å². The van der Waals surface area contributed by atoms with Crippen molar-refractivity contribution in [3.63, 3.8) is 0 Å². The molecule has 0 saturated heterocycles. The van der Waals surface area contributed by atoms with Gasteiger partial charge in [0.05, 0.1) is 16.9 Å². The van der Waals surface area contributed by atoms with Crippen LogP contribution in [-0.4, -0.2) is 14.3 Å². The number of sulfonamides is 1. The number of carbonyl (C=O) groups excluding carboxylic acids is 1. The van der Waals surface area contributed by atoms with Gasteiger partial charge in [0.2, 0.25) is 15.9 Å². The van der Waals surface area contributed by atoms with E-state index in [-0.39, 0.29) is 17.9 Å². The number of amides is 1. The van der Waals surface area contributed by atoms with E-state index in [0.29, 0.717) is 10.6 Å². The third-order valence-corrected chi connectivity index (χ3v) is 5.23. The van der Waals surface area contributed by atoms with Crippen LogP contribution < -0.4 is 15.2 Å². The van der Waals surface area contributed by atoms with Crippen molar-refractivity contribution in [3.8, 4) is 11.5 Å². The molecule has 3 N–H and O–H groups in total. The first kappa shape index (κ1) is 16.2. The largest absolute Gasteiger partial charge is 0.454 e. The summed E-state index contributed by atoms with van der Waals surface area (Å²) in [6.45, 7) is 0. The van der Waals surface area contributed by atoms with Crippen LogP contribution >= 0.6 is 23.2 Å². The minimum absolute atomic E-state index is 0.0571. The highest BCUT2D eigenvalue weighted by Gasteiger charge is 2.18. The van der Waals surface area contributed by atoms with Crippen molar-refractivity contribution >= 4 is 44.8 Å². The molecule has 3 rings (SSSR count). The van der Waals surface area contributed by atoms with Gasteiger partial charge in [-0.15, -0.1) is 0 Å². The standard InChI is InChI=1S/C20H16Cl2N2O4S/c21-15-6-2-1-5-13(15)11-20(25)24-14-9-10-18(19(12-14)29(23,26)27)28-17-8-4-3-7-16(17)22/h1-10,12H,11H2,(H,24,25)(H2,23,26,27)/i3D,4D,7D,8D. The molecule has 0 aromatic heterocycles. The fourth-order valence-electron chi connectivity index (χ4n) is 2.38. The predicted octanol–water partition coefficient (Wildman–Crippen LogP) is 4.61. The van der Waals surface area contributed by atoms with Gasteiger partial charge < -0.3 is 10.1 Å². The molecule has 9 heteroatoms. The van der Waals surface area contributed by atoms with Crippen molar-refractivity contribution in [1.29, 1.82) is 0 Å². The average molecular weight is 455 g/mol. The maximum absolute atomic E-state index is 12.4. The zero-order chi connectivity index (χ0) is 24.5. The van der Waals surface area contributed by atoms with Gasteiger partial charge in [-0.3, -0.25) is 4.79 Å². The predicted molar refractivity (Wildman–Crippen MR) is 113 cm³/mol. The minimum atomic E-state index is -4.36. The summed E-state index contributed by atoms with van der Waals surface area (Å²) in [4.78, 5) is 11.9. The molecule has 6 nitrogen and oxygen atoms in total. The number of ether oxygens (including phenoxy) is 1. The number of benzene rings is 3. The van der Waals surface area contributed by atoms with Gasteiger partial charge in [-0.25, -0.2) is 13.6 Å². The molecule has 0 aliphatic carbocycles. The number of hydrogen-bond acceptors (Lipinski definition) is 4. The lowest BCUT2D eigenvalue weighted by Gasteiger charge is -2.13. The Morgan fingerprint density at radius 2 is 1.79 bits per heavy atom. The van der Waals surface area contributed by atoms with Gasteiger partial charge in [-0.1, -0.05) is 53.5 Å². The van der Waals surface area contributed by atoms with Crippen molar-refractivity contribution in [2.24, 2.45) is 5.14 Å². The van der Waals surface area contributed by atoms with Gasteiger partial charge in [0.1, 0.15) is 16.4 Å². The van der Waals surface area contributed by atoms with E-state index in [9.17, 15) is 13.2 Å². The lowest BCUT2D eigenvalue weighted by molar-refractivity contribution is -0.115. The Bertz CT molecular complexity index is 1340.